The van der Waals surface area contributed by atoms with E-state index in [2.05, 4.69) is 44.0 Å². The molecule has 1 aliphatic rings. The minimum Gasteiger partial charge on any atom is -0.493 e. The standard InChI is InChI=1S/C17H23BrN4O3S/c1-24-14-7-11(9-20-22-17(19)26)13(18)8-15(14)25-10-16(23)21-12-5-3-2-4-6-12/h7-9,12H,2-6,10H2,1H3,(H,21,23)(H3,19,22,26). The zero-order chi connectivity index (χ0) is 18.9. The fourth-order valence-corrected chi connectivity index (χ4v) is 3.22. The van der Waals surface area contributed by atoms with Gasteiger partial charge in [-0.2, -0.15) is 5.10 Å². The number of rotatable bonds is 7. The zero-order valence-electron chi connectivity index (χ0n) is 14.6. The third kappa shape index (κ3) is 6.45. The molecule has 0 atom stereocenters. The van der Waals surface area contributed by atoms with Gasteiger partial charge >= 0.3 is 0 Å². The molecule has 0 radical (unpaired) electrons. The van der Waals surface area contributed by atoms with Crippen LogP contribution in [-0.2, 0) is 4.79 Å². The van der Waals surface area contributed by atoms with Crippen molar-refractivity contribution in [1.82, 2.24) is 10.7 Å². The van der Waals surface area contributed by atoms with Crippen molar-refractivity contribution in [2.24, 2.45) is 10.8 Å². The minimum absolute atomic E-state index is 0.0598. The summed E-state index contributed by atoms with van der Waals surface area (Å²) < 4.78 is 11.7. The molecule has 1 amide bonds. The van der Waals surface area contributed by atoms with Crippen LogP contribution in [0.25, 0.3) is 0 Å². The molecule has 1 saturated carbocycles. The van der Waals surface area contributed by atoms with Crippen molar-refractivity contribution in [3.63, 3.8) is 0 Å². The van der Waals surface area contributed by atoms with Gasteiger partial charge in [-0.25, -0.2) is 0 Å². The number of nitrogens with one attached hydrogen (secondary N) is 2. The maximum Gasteiger partial charge on any atom is 0.258 e. The summed E-state index contributed by atoms with van der Waals surface area (Å²) in [6, 6.07) is 3.73. The third-order valence-electron chi connectivity index (χ3n) is 3.99. The molecule has 1 fully saturated rings. The van der Waals surface area contributed by atoms with Crippen molar-refractivity contribution in [2.75, 3.05) is 13.7 Å². The van der Waals surface area contributed by atoms with Crippen LogP contribution in [-0.4, -0.2) is 37.0 Å². The van der Waals surface area contributed by atoms with E-state index in [1.807, 2.05) is 0 Å². The average molecular weight is 443 g/mol. The SMILES string of the molecule is COc1cc(C=NNC(N)=S)c(Br)cc1OCC(=O)NC1CCCCC1. The van der Waals surface area contributed by atoms with Gasteiger partial charge < -0.3 is 20.5 Å². The van der Waals surface area contributed by atoms with E-state index < -0.39 is 0 Å². The molecule has 7 nitrogen and oxygen atoms in total. The maximum atomic E-state index is 12.1. The predicted octanol–water partition coefficient (Wildman–Crippen LogP) is 2.45. The Labute approximate surface area is 166 Å². The summed E-state index contributed by atoms with van der Waals surface area (Å²) in [7, 11) is 1.53. The summed E-state index contributed by atoms with van der Waals surface area (Å²) in [6.45, 7) is -0.0598. The second-order valence-electron chi connectivity index (χ2n) is 5.95. The first-order chi connectivity index (χ1) is 12.5. The molecule has 1 aromatic rings. The molecule has 0 bridgehead atoms. The number of ether oxygens (including phenoxy) is 2. The number of amides is 1. The first-order valence-electron chi connectivity index (χ1n) is 8.37. The van der Waals surface area contributed by atoms with Gasteiger partial charge in [-0.05, 0) is 53.1 Å². The number of halogens is 1. The Morgan fingerprint density at radius 2 is 2.12 bits per heavy atom. The molecule has 1 aliphatic carbocycles. The molecule has 0 unspecified atom stereocenters. The van der Waals surface area contributed by atoms with Gasteiger partial charge in [-0.1, -0.05) is 19.3 Å². The van der Waals surface area contributed by atoms with Crippen LogP contribution in [0.2, 0.25) is 0 Å². The predicted molar refractivity (Wildman–Crippen MR) is 109 cm³/mol. The number of hydrazone groups is 1. The number of nitrogens with two attached hydrogens (primary N) is 1. The van der Waals surface area contributed by atoms with Gasteiger partial charge in [-0.15, -0.1) is 0 Å². The number of methoxy groups -OCH3 is 1. The largest absolute Gasteiger partial charge is 0.493 e. The van der Waals surface area contributed by atoms with Crippen LogP contribution >= 0.6 is 28.1 Å². The average Bonchev–Trinajstić information content (AvgIpc) is 2.62. The Bertz CT molecular complexity index is 678. The molecule has 0 spiro atoms. The lowest BCUT2D eigenvalue weighted by atomic mass is 9.95. The molecule has 26 heavy (non-hydrogen) atoms. The first kappa shape index (κ1) is 20.4. The van der Waals surface area contributed by atoms with Crippen LogP contribution in [0.15, 0.2) is 21.7 Å². The highest BCUT2D eigenvalue weighted by Crippen LogP contribution is 2.33. The lowest BCUT2D eigenvalue weighted by molar-refractivity contribution is -0.124. The van der Waals surface area contributed by atoms with Gasteiger partial charge in [0.25, 0.3) is 5.91 Å². The normalized spacial score (nSPS) is 14.8. The van der Waals surface area contributed by atoms with E-state index in [0.29, 0.717) is 11.5 Å². The Kier molecular flexibility index (Phi) is 8.11. The monoisotopic (exact) mass is 442 g/mol. The maximum absolute atomic E-state index is 12.1. The highest BCUT2D eigenvalue weighted by molar-refractivity contribution is 9.10. The highest BCUT2D eigenvalue weighted by Gasteiger charge is 2.17. The number of hydrogen-bond donors (Lipinski definition) is 3. The Morgan fingerprint density at radius 3 is 2.77 bits per heavy atom. The minimum atomic E-state index is -0.124. The van der Waals surface area contributed by atoms with Gasteiger partial charge in [0.15, 0.2) is 23.2 Å². The molecule has 4 N–H and O–H groups in total. The molecular weight excluding hydrogens is 420 g/mol. The third-order valence-corrected chi connectivity index (χ3v) is 4.77. The van der Waals surface area contributed by atoms with E-state index in [9.17, 15) is 4.79 Å². The van der Waals surface area contributed by atoms with Crippen molar-refractivity contribution in [3.05, 3.63) is 22.2 Å². The van der Waals surface area contributed by atoms with Gasteiger partial charge in [0.2, 0.25) is 0 Å². The molecule has 9 heteroatoms. The summed E-state index contributed by atoms with van der Waals surface area (Å²) in [5, 5.41) is 7.01. The van der Waals surface area contributed by atoms with Crippen LogP contribution < -0.4 is 25.9 Å². The fraction of sp³-hybridized carbons (Fsp3) is 0.471. The second kappa shape index (κ2) is 10.3. The van der Waals surface area contributed by atoms with Crippen molar-refractivity contribution >= 4 is 45.4 Å². The zero-order valence-corrected chi connectivity index (χ0v) is 17.0. The number of hydrogen-bond acceptors (Lipinski definition) is 5. The van der Waals surface area contributed by atoms with Gasteiger partial charge in [0.05, 0.1) is 13.3 Å². The van der Waals surface area contributed by atoms with E-state index in [-0.39, 0.29) is 23.7 Å². The number of carbonyl (C=O) groups is 1. The summed E-state index contributed by atoms with van der Waals surface area (Å²) in [5.74, 6) is 0.842. The van der Waals surface area contributed by atoms with Gasteiger partial charge in [0, 0.05) is 16.1 Å². The van der Waals surface area contributed by atoms with Crippen molar-refractivity contribution < 1.29 is 14.3 Å². The molecule has 0 saturated heterocycles. The van der Waals surface area contributed by atoms with Crippen LogP contribution in [0.4, 0.5) is 0 Å². The number of carbonyl (C=O) groups excluding carboxylic acids is 1. The quantitative estimate of drug-likeness (QED) is 0.340. The molecule has 0 heterocycles. The van der Waals surface area contributed by atoms with Gasteiger partial charge in [0.1, 0.15) is 0 Å². The Balaban J connectivity index is 1.97. The van der Waals surface area contributed by atoms with Crippen LogP contribution in [0.1, 0.15) is 37.7 Å². The topological polar surface area (TPSA) is 98.0 Å². The summed E-state index contributed by atoms with van der Waals surface area (Å²) in [6.07, 6.45) is 7.20. The molecule has 2 rings (SSSR count). The van der Waals surface area contributed by atoms with E-state index in [4.69, 9.17) is 15.2 Å². The lowest BCUT2D eigenvalue weighted by Crippen LogP contribution is -2.39. The Hall–Kier alpha value is -1.87. The van der Waals surface area contributed by atoms with E-state index in [0.717, 1.165) is 22.9 Å². The second-order valence-corrected chi connectivity index (χ2v) is 7.24. The van der Waals surface area contributed by atoms with Crippen LogP contribution in [0.3, 0.4) is 0 Å². The molecule has 0 aromatic heterocycles. The Morgan fingerprint density at radius 1 is 1.38 bits per heavy atom. The fourth-order valence-electron chi connectivity index (χ4n) is 2.75. The van der Waals surface area contributed by atoms with Crippen LogP contribution in [0.5, 0.6) is 11.5 Å². The van der Waals surface area contributed by atoms with E-state index >= 15 is 0 Å². The highest BCUT2D eigenvalue weighted by atomic mass is 79.9. The van der Waals surface area contributed by atoms with Crippen molar-refractivity contribution in [2.45, 2.75) is 38.1 Å². The number of benzene rings is 1. The number of thiocarbonyl (C=S) groups is 1. The summed E-state index contributed by atoms with van der Waals surface area (Å²) in [4.78, 5) is 12.1. The summed E-state index contributed by atoms with van der Waals surface area (Å²) in [5.41, 5.74) is 8.55. The molecule has 142 valence electrons. The smallest absolute Gasteiger partial charge is 0.258 e. The molecule has 0 aliphatic heterocycles. The van der Waals surface area contributed by atoms with Crippen LogP contribution in [0, 0.1) is 0 Å². The summed E-state index contributed by atoms with van der Waals surface area (Å²) >= 11 is 8.13. The van der Waals surface area contributed by atoms with Gasteiger partial charge in [-0.3, -0.25) is 10.2 Å². The lowest BCUT2D eigenvalue weighted by Gasteiger charge is -2.22. The molecule has 1 aromatic carbocycles. The first-order valence-corrected chi connectivity index (χ1v) is 9.58. The van der Waals surface area contributed by atoms with E-state index in [1.165, 1.54) is 26.4 Å². The van der Waals surface area contributed by atoms with E-state index in [1.54, 1.807) is 18.3 Å². The molecular formula is C17H23BrN4O3S. The van der Waals surface area contributed by atoms with Crippen molar-refractivity contribution in [3.8, 4) is 11.5 Å². The number of nitrogens with zero attached hydrogens (tertiary/aromatic N) is 1. The van der Waals surface area contributed by atoms with Crippen molar-refractivity contribution in [1.29, 1.82) is 0 Å².